The van der Waals surface area contributed by atoms with Crippen LogP contribution in [0.5, 0.6) is 0 Å². The van der Waals surface area contributed by atoms with E-state index in [4.69, 9.17) is 27.9 Å². The topological polar surface area (TPSA) is 9.23 Å². The summed E-state index contributed by atoms with van der Waals surface area (Å²) in [6.07, 6.45) is 0. The summed E-state index contributed by atoms with van der Waals surface area (Å²) in [7, 11) is 0. The first-order chi connectivity index (χ1) is 5.74. The standard InChI is InChI=1S/C9H10Cl2O/c1-2-12-6-7-3-4-8(10)5-9(7)11/h3-5H,2,6H2,1H3. The molecule has 1 aromatic rings. The van der Waals surface area contributed by atoms with E-state index < -0.39 is 0 Å². The maximum absolute atomic E-state index is 5.90. The Labute approximate surface area is 82.2 Å². The minimum absolute atomic E-state index is 0.548. The highest BCUT2D eigenvalue weighted by molar-refractivity contribution is 6.35. The summed E-state index contributed by atoms with van der Waals surface area (Å²) in [5.74, 6) is 0. The van der Waals surface area contributed by atoms with Gasteiger partial charge in [-0.3, -0.25) is 0 Å². The van der Waals surface area contributed by atoms with Crippen LogP contribution in [0.4, 0.5) is 0 Å². The molecule has 0 fully saturated rings. The third-order valence-corrected chi connectivity index (χ3v) is 2.06. The Morgan fingerprint density at radius 3 is 2.67 bits per heavy atom. The lowest BCUT2D eigenvalue weighted by Gasteiger charge is -2.03. The maximum atomic E-state index is 5.90. The summed E-state index contributed by atoms with van der Waals surface area (Å²) in [6, 6.07) is 5.40. The lowest BCUT2D eigenvalue weighted by Crippen LogP contribution is -1.92. The van der Waals surface area contributed by atoms with Gasteiger partial charge in [-0.05, 0) is 24.6 Å². The van der Waals surface area contributed by atoms with E-state index in [1.165, 1.54) is 0 Å². The second kappa shape index (κ2) is 4.70. The van der Waals surface area contributed by atoms with Crippen molar-refractivity contribution in [3.8, 4) is 0 Å². The fraction of sp³-hybridized carbons (Fsp3) is 0.333. The van der Waals surface area contributed by atoms with Crippen LogP contribution in [0.2, 0.25) is 10.0 Å². The third-order valence-electron chi connectivity index (χ3n) is 1.48. The van der Waals surface area contributed by atoms with Gasteiger partial charge < -0.3 is 4.74 Å². The second-order valence-corrected chi connectivity index (χ2v) is 3.22. The van der Waals surface area contributed by atoms with Gasteiger partial charge in [-0.2, -0.15) is 0 Å². The van der Waals surface area contributed by atoms with Crippen molar-refractivity contribution in [3.63, 3.8) is 0 Å². The first kappa shape index (κ1) is 9.85. The average Bonchev–Trinajstić information content (AvgIpc) is 2.03. The van der Waals surface area contributed by atoms with Gasteiger partial charge >= 0.3 is 0 Å². The van der Waals surface area contributed by atoms with Gasteiger partial charge in [0, 0.05) is 16.7 Å². The quantitative estimate of drug-likeness (QED) is 0.733. The smallest absolute Gasteiger partial charge is 0.0731 e. The van der Waals surface area contributed by atoms with Crippen LogP contribution in [0.15, 0.2) is 18.2 Å². The maximum Gasteiger partial charge on any atom is 0.0731 e. The van der Waals surface area contributed by atoms with Gasteiger partial charge in [0.15, 0.2) is 0 Å². The Hall–Kier alpha value is -0.240. The molecule has 0 aromatic heterocycles. The number of hydrogen-bond acceptors (Lipinski definition) is 1. The van der Waals surface area contributed by atoms with Crippen molar-refractivity contribution in [1.29, 1.82) is 0 Å². The molecule has 0 radical (unpaired) electrons. The summed E-state index contributed by atoms with van der Waals surface area (Å²) >= 11 is 11.6. The van der Waals surface area contributed by atoms with Crippen LogP contribution in [0.25, 0.3) is 0 Å². The summed E-state index contributed by atoms with van der Waals surface area (Å²) in [5, 5.41) is 1.32. The van der Waals surface area contributed by atoms with Crippen molar-refractivity contribution in [2.24, 2.45) is 0 Å². The van der Waals surface area contributed by atoms with Crippen LogP contribution in [0.1, 0.15) is 12.5 Å². The summed E-state index contributed by atoms with van der Waals surface area (Å²) in [6.45, 7) is 3.19. The molecule has 0 heterocycles. The van der Waals surface area contributed by atoms with Gasteiger partial charge in [0.25, 0.3) is 0 Å². The number of benzene rings is 1. The molecule has 66 valence electrons. The minimum Gasteiger partial charge on any atom is -0.377 e. The van der Waals surface area contributed by atoms with E-state index in [9.17, 15) is 0 Å². The molecule has 0 unspecified atom stereocenters. The largest absolute Gasteiger partial charge is 0.377 e. The number of rotatable bonds is 3. The van der Waals surface area contributed by atoms with Crippen molar-refractivity contribution < 1.29 is 4.74 Å². The molecule has 1 rings (SSSR count). The fourth-order valence-corrected chi connectivity index (χ4v) is 1.31. The molecule has 12 heavy (non-hydrogen) atoms. The van der Waals surface area contributed by atoms with E-state index in [0.717, 1.165) is 5.56 Å². The SMILES string of the molecule is CCOCc1ccc(Cl)cc1Cl. The molecule has 0 saturated heterocycles. The van der Waals surface area contributed by atoms with Crippen LogP contribution >= 0.6 is 23.2 Å². The van der Waals surface area contributed by atoms with E-state index in [0.29, 0.717) is 23.3 Å². The Morgan fingerprint density at radius 1 is 1.33 bits per heavy atom. The Morgan fingerprint density at radius 2 is 2.08 bits per heavy atom. The van der Waals surface area contributed by atoms with Crippen molar-refractivity contribution in [2.75, 3.05) is 6.61 Å². The first-order valence-electron chi connectivity index (χ1n) is 3.75. The van der Waals surface area contributed by atoms with E-state index >= 15 is 0 Å². The molecular formula is C9H10Cl2O. The zero-order chi connectivity index (χ0) is 8.97. The van der Waals surface area contributed by atoms with Crippen LogP contribution in [-0.2, 0) is 11.3 Å². The fourth-order valence-electron chi connectivity index (χ4n) is 0.851. The molecule has 0 N–H and O–H groups in total. The summed E-state index contributed by atoms with van der Waals surface area (Å²) in [5.41, 5.74) is 0.975. The first-order valence-corrected chi connectivity index (χ1v) is 4.51. The van der Waals surface area contributed by atoms with E-state index in [2.05, 4.69) is 0 Å². The third kappa shape index (κ3) is 2.67. The Bertz CT molecular complexity index is 261. The van der Waals surface area contributed by atoms with Crippen LogP contribution in [-0.4, -0.2) is 6.61 Å². The average molecular weight is 205 g/mol. The molecule has 0 bridgehead atoms. The van der Waals surface area contributed by atoms with Crippen molar-refractivity contribution in [1.82, 2.24) is 0 Å². The zero-order valence-corrected chi connectivity index (χ0v) is 8.32. The highest BCUT2D eigenvalue weighted by Crippen LogP contribution is 2.21. The summed E-state index contributed by atoms with van der Waals surface area (Å²) < 4.78 is 5.21. The number of ether oxygens (including phenoxy) is 1. The summed E-state index contributed by atoms with van der Waals surface area (Å²) in [4.78, 5) is 0. The van der Waals surface area contributed by atoms with Gasteiger partial charge in [-0.15, -0.1) is 0 Å². The molecular weight excluding hydrogens is 195 g/mol. The predicted molar refractivity (Wildman–Crippen MR) is 51.8 cm³/mol. The molecule has 1 nitrogen and oxygen atoms in total. The Kier molecular flexibility index (Phi) is 3.86. The van der Waals surface area contributed by atoms with Crippen molar-refractivity contribution >= 4 is 23.2 Å². The van der Waals surface area contributed by atoms with Crippen LogP contribution < -0.4 is 0 Å². The van der Waals surface area contributed by atoms with Crippen molar-refractivity contribution in [3.05, 3.63) is 33.8 Å². The Balaban J connectivity index is 2.72. The van der Waals surface area contributed by atoms with Gasteiger partial charge in [0.2, 0.25) is 0 Å². The molecule has 3 heteroatoms. The molecule has 0 amide bonds. The molecule has 0 aliphatic heterocycles. The lowest BCUT2D eigenvalue weighted by atomic mass is 10.2. The van der Waals surface area contributed by atoms with E-state index in [1.54, 1.807) is 6.07 Å². The van der Waals surface area contributed by atoms with Gasteiger partial charge in [0.1, 0.15) is 0 Å². The van der Waals surface area contributed by atoms with Crippen LogP contribution in [0.3, 0.4) is 0 Å². The second-order valence-electron chi connectivity index (χ2n) is 2.37. The molecule has 1 aromatic carbocycles. The van der Waals surface area contributed by atoms with Crippen molar-refractivity contribution in [2.45, 2.75) is 13.5 Å². The van der Waals surface area contributed by atoms with Gasteiger partial charge in [0.05, 0.1) is 6.61 Å². The van der Waals surface area contributed by atoms with Crippen LogP contribution in [0, 0.1) is 0 Å². The monoisotopic (exact) mass is 204 g/mol. The minimum atomic E-state index is 0.548. The normalized spacial score (nSPS) is 10.2. The molecule has 0 saturated carbocycles. The highest BCUT2D eigenvalue weighted by atomic mass is 35.5. The predicted octanol–water partition coefficient (Wildman–Crippen LogP) is 3.53. The lowest BCUT2D eigenvalue weighted by molar-refractivity contribution is 0.134. The highest BCUT2D eigenvalue weighted by Gasteiger charge is 1.99. The molecule has 0 atom stereocenters. The van der Waals surface area contributed by atoms with E-state index in [1.807, 2.05) is 19.1 Å². The molecule has 0 aliphatic rings. The molecule has 0 aliphatic carbocycles. The van der Waals surface area contributed by atoms with E-state index in [-0.39, 0.29) is 0 Å². The van der Waals surface area contributed by atoms with Gasteiger partial charge in [-0.1, -0.05) is 29.3 Å². The van der Waals surface area contributed by atoms with Gasteiger partial charge in [-0.25, -0.2) is 0 Å². The number of hydrogen-bond donors (Lipinski definition) is 0. The molecule has 0 spiro atoms. The zero-order valence-electron chi connectivity index (χ0n) is 6.81. The number of halogens is 2.